The minimum atomic E-state index is -4.04. The molecule has 0 saturated heterocycles. The van der Waals surface area contributed by atoms with Crippen LogP contribution in [0.15, 0.2) is 65.6 Å². The molecular weight excluding hydrogens is 418 g/mol. The summed E-state index contributed by atoms with van der Waals surface area (Å²) in [6, 6.07) is 15.0. The zero-order valence-electron chi connectivity index (χ0n) is 16.9. The smallest absolute Gasteiger partial charge is 0.328 e. The van der Waals surface area contributed by atoms with E-state index in [1.54, 1.807) is 6.07 Å². The van der Waals surface area contributed by atoms with E-state index in [4.69, 9.17) is 0 Å². The molecule has 8 nitrogen and oxygen atoms in total. The zero-order chi connectivity index (χ0) is 22.4. The molecule has 0 aliphatic rings. The van der Waals surface area contributed by atoms with Gasteiger partial charge in [-0.15, -0.1) is 0 Å². The molecule has 0 saturated carbocycles. The summed E-state index contributed by atoms with van der Waals surface area (Å²) in [5, 5.41) is 16.9. The monoisotopic (exact) mass is 441 g/mol. The van der Waals surface area contributed by atoms with Crippen molar-refractivity contribution >= 4 is 38.4 Å². The zero-order valence-corrected chi connectivity index (χ0v) is 17.7. The first-order chi connectivity index (χ1) is 14.8. The summed E-state index contributed by atoms with van der Waals surface area (Å²) in [4.78, 5) is 24.2. The average molecular weight is 442 g/mol. The molecule has 3 rings (SSSR count). The molecule has 3 aromatic rings. The number of urea groups is 1. The maximum absolute atomic E-state index is 12.6. The number of nitrogens with one attached hydrogen (secondary N) is 3. The summed E-state index contributed by atoms with van der Waals surface area (Å²) < 4.78 is 26.6. The van der Waals surface area contributed by atoms with Gasteiger partial charge in [0.1, 0.15) is 5.75 Å². The summed E-state index contributed by atoms with van der Waals surface area (Å²) in [6.45, 7) is 2.34. The Balaban J connectivity index is 1.69. The maximum atomic E-state index is 12.6. The van der Waals surface area contributed by atoms with Crippen molar-refractivity contribution in [2.75, 3.05) is 11.9 Å². The van der Waals surface area contributed by atoms with Gasteiger partial charge in [0.25, 0.3) is 15.9 Å². The van der Waals surface area contributed by atoms with E-state index in [-0.39, 0.29) is 16.2 Å². The SMILES string of the molecule is CCCCNC(=O)NS(=O)(=O)c1ccc(NC(=O)c2cc3ccccc3cc2O)cc1. The number of benzene rings is 3. The van der Waals surface area contributed by atoms with Crippen molar-refractivity contribution in [2.24, 2.45) is 0 Å². The Morgan fingerprint density at radius 1 is 0.968 bits per heavy atom. The molecular formula is C22H23N3O5S. The molecule has 0 aliphatic carbocycles. The largest absolute Gasteiger partial charge is 0.507 e. The van der Waals surface area contributed by atoms with Gasteiger partial charge in [0.05, 0.1) is 10.5 Å². The first-order valence-electron chi connectivity index (χ1n) is 9.74. The fourth-order valence-corrected chi connectivity index (χ4v) is 3.85. The number of fused-ring (bicyclic) bond motifs is 1. The lowest BCUT2D eigenvalue weighted by Gasteiger charge is -2.10. The maximum Gasteiger partial charge on any atom is 0.328 e. The van der Waals surface area contributed by atoms with E-state index in [1.807, 2.05) is 35.9 Å². The predicted molar refractivity (Wildman–Crippen MR) is 119 cm³/mol. The summed E-state index contributed by atoms with van der Waals surface area (Å²) >= 11 is 0. The third-order valence-electron chi connectivity index (χ3n) is 4.57. The highest BCUT2D eigenvalue weighted by atomic mass is 32.2. The molecule has 31 heavy (non-hydrogen) atoms. The van der Waals surface area contributed by atoms with Crippen molar-refractivity contribution in [3.63, 3.8) is 0 Å². The lowest BCUT2D eigenvalue weighted by Crippen LogP contribution is -2.39. The Labute approximate surface area is 180 Å². The number of aromatic hydroxyl groups is 1. The Kier molecular flexibility index (Phi) is 6.76. The first kappa shape index (κ1) is 22.1. The van der Waals surface area contributed by atoms with Crippen LogP contribution in [0.25, 0.3) is 10.8 Å². The molecule has 0 aromatic heterocycles. The lowest BCUT2D eigenvalue weighted by atomic mass is 10.1. The average Bonchev–Trinajstić information content (AvgIpc) is 2.73. The molecule has 9 heteroatoms. The number of phenols is 1. The second-order valence-corrected chi connectivity index (χ2v) is 8.59. The van der Waals surface area contributed by atoms with Crippen LogP contribution in [0.4, 0.5) is 10.5 Å². The normalized spacial score (nSPS) is 11.1. The summed E-state index contributed by atoms with van der Waals surface area (Å²) in [5.74, 6) is -0.694. The molecule has 0 heterocycles. The van der Waals surface area contributed by atoms with Gasteiger partial charge >= 0.3 is 6.03 Å². The molecule has 4 N–H and O–H groups in total. The van der Waals surface area contributed by atoms with Crippen LogP contribution >= 0.6 is 0 Å². The molecule has 0 spiro atoms. The quantitative estimate of drug-likeness (QED) is 0.417. The number of unbranched alkanes of at least 4 members (excludes halogenated alkanes) is 1. The second kappa shape index (κ2) is 9.48. The van der Waals surface area contributed by atoms with Crippen molar-refractivity contribution in [3.8, 4) is 5.75 Å². The molecule has 0 aliphatic heterocycles. The number of amides is 3. The van der Waals surface area contributed by atoms with Crippen LogP contribution in [0.5, 0.6) is 5.75 Å². The van der Waals surface area contributed by atoms with Crippen molar-refractivity contribution in [2.45, 2.75) is 24.7 Å². The number of carbonyl (C=O) groups excluding carboxylic acids is 2. The van der Waals surface area contributed by atoms with Gasteiger partial charge in [-0.25, -0.2) is 17.9 Å². The van der Waals surface area contributed by atoms with Gasteiger partial charge < -0.3 is 15.7 Å². The van der Waals surface area contributed by atoms with Gasteiger partial charge in [-0.1, -0.05) is 37.6 Å². The molecule has 0 atom stereocenters. The van der Waals surface area contributed by atoms with E-state index in [2.05, 4.69) is 10.6 Å². The second-order valence-electron chi connectivity index (χ2n) is 6.91. The minimum absolute atomic E-state index is 0.0980. The first-order valence-corrected chi connectivity index (χ1v) is 11.2. The third kappa shape index (κ3) is 5.52. The lowest BCUT2D eigenvalue weighted by molar-refractivity contribution is 0.102. The highest BCUT2D eigenvalue weighted by molar-refractivity contribution is 7.90. The Morgan fingerprint density at radius 3 is 2.26 bits per heavy atom. The van der Waals surface area contributed by atoms with Crippen molar-refractivity contribution < 1.29 is 23.1 Å². The molecule has 0 fully saturated rings. The standard InChI is InChI=1S/C22H23N3O5S/c1-2-3-12-23-22(28)25-31(29,30)18-10-8-17(9-11-18)24-21(27)19-13-15-6-4-5-7-16(15)14-20(19)26/h4-11,13-14,26H,2-3,12H2,1H3,(H,24,27)(H2,23,25,28). The van der Waals surface area contributed by atoms with Gasteiger partial charge in [-0.3, -0.25) is 4.79 Å². The highest BCUT2D eigenvalue weighted by Gasteiger charge is 2.18. The minimum Gasteiger partial charge on any atom is -0.507 e. The predicted octanol–water partition coefficient (Wildman–Crippen LogP) is 3.59. The van der Waals surface area contributed by atoms with Crippen LogP contribution in [-0.4, -0.2) is 32.0 Å². The third-order valence-corrected chi connectivity index (χ3v) is 5.92. The van der Waals surface area contributed by atoms with E-state index in [0.29, 0.717) is 12.2 Å². The van der Waals surface area contributed by atoms with Crippen molar-refractivity contribution in [3.05, 3.63) is 66.2 Å². The number of phenolic OH excluding ortho intramolecular Hbond substituents is 1. The highest BCUT2D eigenvalue weighted by Crippen LogP contribution is 2.26. The molecule has 162 valence electrons. The van der Waals surface area contributed by atoms with E-state index < -0.39 is 22.0 Å². The van der Waals surface area contributed by atoms with Crippen molar-refractivity contribution in [1.29, 1.82) is 0 Å². The van der Waals surface area contributed by atoms with Crippen LogP contribution in [0.2, 0.25) is 0 Å². The summed E-state index contributed by atoms with van der Waals surface area (Å²) in [5.41, 5.74) is 0.435. The number of hydrogen-bond acceptors (Lipinski definition) is 5. The summed E-state index contributed by atoms with van der Waals surface area (Å²) in [7, 11) is -4.04. The van der Waals surface area contributed by atoms with Crippen LogP contribution < -0.4 is 15.4 Å². The molecule has 0 bridgehead atoms. The van der Waals surface area contributed by atoms with Gasteiger partial charge in [0.15, 0.2) is 0 Å². The number of carbonyl (C=O) groups is 2. The molecule has 3 aromatic carbocycles. The fourth-order valence-electron chi connectivity index (χ4n) is 2.92. The van der Waals surface area contributed by atoms with E-state index in [9.17, 15) is 23.1 Å². The number of hydrogen-bond donors (Lipinski definition) is 4. The van der Waals surface area contributed by atoms with E-state index in [1.165, 1.54) is 30.3 Å². The molecule has 0 unspecified atom stereocenters. The Morgan fingerprint density at radius 2 is 1.61 bits per heavy atom. The van der Waals surface area contributed by atoms with Crippen LogP contribution in [0, 0.1) is 0 Å². The van der Waals surface area contributed by atoms with Gasteiger partial charge in [0, 0.05) is 12.2 Å². The van der Waals surface area contributed by atoms with Gasteiger partial charge in [-0.2, -0.15) is 0 Å². The number of anilines is 1. The van der Waals surface area contributed by atoms with E-state index >= 15 is 0 Å². The van der Waals surface area contributed by atoms with Gasteiger partial charge in [-0.05, 0) is 53.6 Å². The van der Waals surface area contributed by atoms with Crippen molar-refractivity contribution in [1.82, 2.24) is 10.0 Å². The van der Waals surface area contributed by atoms with Gasteiger partial charge in [0.2, 0.25) is 0 Å². The Hall–Kier alpha value is -3.59. The molecule has 0 radical (unpaired) electrons. The van der Waals surface area contributed by atoms with Crippen LogP contribution in [0.3, 0.4) is 0 Å². The van der Waals surface area contributed by atoms with Crippen LogP contribution in [0.1, 0.15) is 30.1 Å². The van der Waals surface area contributed by atoms with Crippen LogP contribution in [-0.2, 0) is 10.0 Å². The number of sulfonamides is 1. The Bertz CT molecular complexity index is 1210. The van der Waals surface area contributed by atoms with E-state index in [0.717, 1.165) is 23.6 Å². The molecule has 3 amide bonds. The topological polar surface area (TPSA) is 125 Å². The fraction of sp³-hybridized carbons (Fsp3) is 0.182. The number of rotatable bonds is 7. The summed E-state index contributed by atoms with van der Waals surface area (Å²) in [6.07, 6.45) is 1.62.